The Morgan fingerprint density at radius 3 is 1.26 bits per heavy atom. The SMILES string of the molecule is O=P(c1ccccc1)(c1ccccc1)c1ccc(-c2cccc3c4ccccc4c4ccccc4c23)cc1. The molecule has 0 bridgehead atoms. The van der Waals surface area contributed by atoms with E-state index in [1.54, 1.807) is 0 Å². The smallest absolute Gasteiger partial charge is 0.171 e. The van der Waals surface area contributed by atoms with Crippen molar-refractivity contribution < 1.29 is 4.57 Å². The zero-order valence-electron chi connectivity index (χ0n) is 20.8. The molecule has 2 heteroatoms. The summed E-state index contributed by atoms with van der Waals surface area (Å²) in [6.07, 6.45) is 0. The highest BCUT2D eigenvalue weighted by atomic mass is 31.2. The maximum Gasteiger partial charge on any atom is 0.171 e. The molecule has 38 heavy (non-hydrogen) atoms. The molecule has 0 spiro atoms. The fourth-order valence-electron chi connectivity index (χ4n) is 5.77. The standard InChI is InChI=1S/C36H25OP/c37-38(27-12-3-1-4-13-27,28-14-5-2-6-15-28)29-24-22-26(23-25-29)30-20-11-21-35-33-17-8-7-16-31(33)32-18-9-10-19-34(32)36(30)35/h1-25H. The summed E-state index contributed by atoms with van der Waals surface area (Å²) in [5.74, 6) is 0. The van der Waals surface area contributed by atoms with Gasteiger partial charge in [-0.25, -0.2) is 0 Å². The molecule has 180 valence electrons. The van der Waals surface area contributed by atoms with Gasteiger partial charge in [0, 0.05) is 15.9 Å². The molecule has 0 aromatic heterocycles. The lowest BCUT2D eigenvalue weighted by atomic mass is 9.89. The fourth-order valence-corrected chi connectivity index (χ4v) is 8.42. The van der Waals surface area contributed by atoms with Crippen LogP contribution in [0, 0.1) is 0 Å². The second-order valence-electron chi connectivity index (χ2n) is 9.65. The Morgan fingerprint density at radius 1 is 0.342 bits per heavy atom. The normalized spacial score (nSPS) is 11.8. The summed E-state index contributed by atoms with van der Waals surface area (Å²) in [5, 5.41) is 10.1. The van der Waals surface area contributed by atoms with Crippen molar-refractivity contribution in [2.24, 2.45) is 0 Å². The van der Waals surface area contributed by atoms with Gasteiger partial charge in [-0.3, -0.25) is 0 Å². The number of rotatable bonds is 4. The van der Waals surface area contributed by atoms with Gasteiger partial charge in [-0.1, -0.05) is 152 Å². The van der Waals surface area contributed by atoms with E-state index in [1.165, 1.54) is 37.9 Å². The summed E-state index contributed by atoms with van der Waals surface area (Å²) in [4.78, 5) is 0. The predicted molar refractivity (Wildman–Crippen MR) is 164 cm³/mol. The average molecular weight is 505 g/mol. The molecule has 0 heterocycles. The fraction of sp³-hybridized carbons (Fsp3) is 0. The Bertz CT molecular complexity index is 1890. The van der Waals surface area contributed by atoms with Crippen LogP contribution in [0.15, 0.2) is 152 Å². The van der Waals surface area contributed by atoms with E-state index in [4.69, 9.17) is 0 Å². The first-order valence-electron chi connectivity index (χ1n) is 12.9. The zero-order chi connectivity index (χ0) is 25.5. The van der Waals surface area contributed by atoms with E-state index >= 15 is 0 Å². The minimum Gasteiger partial charge on any atom is -0.309 e. The van der Waals surface area contributed by atoms with E-state index in [2.05, 4.69) is 91.0 Å². The van der Waals surface area contributed by atoms with Crippen LogP contribution in [0.25, 0.3) is 43.4 Å². The highest BCUT2D eigenvalue weighted by molar-refractivity contribution is 7.85. The van der Waals surface area contributed by atoms with Gasteiger partial charge in [0.05, 0.1) is 0 Å². The molecule has 0 radical (unpaired) electrons. The molecule has 0 saturated heterocycles. The molecule has 7 rings (SSSR count). The number of hydrogen-bond acceptors (Lipinski definition) is 1. The Labute approximate surface area is 222 Å². The van der Waals surface area contributed by atoms with Gasteiger partial charge in [-0.15, -0.1) is 0 Å². The second-order valence-corrected chi connectivity index (χ2v) is 12.4. The van der Waals surface area contributed by atoms with Gasteiger partial charge in [0.15, 0.2) is 7.14 Å². The quantitative estimate of drug-likeness (QED) is 0.174. The summed E-state index contributed by atoms with van der Waals surface area (Å²) in [7, 11) is -3.01. The molecule has 7 aromatic carbocycles. The highest BCUT2D eigenvalue weighted by Crippen LogP contribution is 2.44. The first-order chi connectivity index (χ1) is 18.7. The van der Waals surface area contributed by atoms with Crippen LogP contribution in [0.2, 0.25) is 0 Å². The van der Waals surface area contributed by atoms with Crippen molar-refractivity contribution in [2.75, 3.05) is 0 Å². The average Bonchev–Trinajstić information content (AvgIpc) is 3.01. The molecule has 0 atom stereocenters. The lowest BCUT2D eigenvalue weighted by Crippen LogP contribution is -2.24. The molecule has 0 fully saturated rings. The second kappa shape index (κ2) is 9.14. The maximum atomic E-state index is 14.8. The summed E-state index contributed by atoms with van der Waals surface area (Å²) in [6.45, 7) is 0. The van der Waals surface area contributed by atoms with Crippen molar-refractivity contribution in [3.63, 3.8) is 0 Å². The summed E-state index contributed by atoms with van der Waals surface area (Å²) >= 11 is 0. The lowest BCUT2D eigenvalue weighted by molar-refractivity contribution is 0.592. The first-order valence-corrected chi connectivity index (χ1v) is 14.6. The van der Waals surface area contributed by atoms with E-state index in [1.807, 2.05) is 60.7 Å². The van der Waals surface area contributed by atoms with Crippen LogP contribution in [0.1, 0.15) is 0 Å². The van der Waals surface area contributed by atoms with Gasteiger partial charge in [0.1, 0.15) is 0 Å². The van der Waals surface area contributed by atoms with E-state index < -0.39 is 7.14 Å². The molecule has 0 unspecified atom stereocenters. The molecular weight excluding hydrogens is 479 g/mol. The van der Waals surface area contributed by atoms with Gasteiger partial charge < -0.3 is 4.57 Å². The van der Waals surface area contributed by atoms with Crippen LogP contribution < -0.4 is 15.9 Å². The number of fused-ring (bicyclic) bond motifs is 6. The third-order valence-corrected chi connectivity index (χ3v) is 10.6. The first kappa shape index (κ1) is 22.7. The molecule has 0 aliphatic carbocycles. The Kier molecular flexibility index (Phi) is 5.46. The van der Waals surface area contributed by atoms with Crippen LogP contribution >= 0.6 is 7.14 Å². The highest BCUT2D eigenvalue weighted by Gasteiger charge is 2.29. The van der Waals surface area contributed by atoms with Gasteiger partial charge in [-0.05, 0) is 43.4 Å². The van der Waals surface area contributed by atoms with Crippen molar-refractivity contribution in [3.05, 3.63) is 152 Å². The van der Waals surface area contributed by atoms with Gasteiger partial charge in [0.2, 0.25) is 0 Å². The summed E-state index contributed by atoms with van der Waals surface area (Å²) in [6, 6.07) is 52.0. The van der Waals surface area contributed by atoms with Crippen LogP contribution in [-0.4, -0.2) is 0 Å². The van der Waals surface area contributed by atoms with E-state index in [9.17, 15) is 4.57 Å². The van der Waals surface area contributed by atoms with E-state index in [0.29, 0.717) is 0 Å². The van der Waals surface area contributed by atoms with Crippen molar-refractivity contribution in [1.29, 1.82) is 0 Å². The third-order valence-electron chi connectivity index (χ3n) is 7.55. The molecule has 0 aliphatic rings. The Balaban J connectivity index is 1.45. The van der Waals surface area contributed by atoms with Crippen LogP contribution in [-0.2, 0) is 4.57 Å². The number of benzene rings is 7. The largest absolute Gasteiger partial charge is 0.309 e. The van der Waals surface area contributed by atoms with Crippen molar-refractivity contribution in [2.45, 2.75) is 0 Å². The Hall–Kier alpha value is -4.45. The van der Waals surface area contributed by atoms with Crippen LogP contribution in [0.3, 0.4) is 0 Å². The molecule has 0 saturated carbocycles. The van der Waals surface area contributed by atoms with E-state index in [-0.39, 0.29) is 0 Å². The van der Waals surface area contributed by atoms with Crippen molar-refractivity contribution in [1.82, 2.24) is 0 Å². The molecule has 0 amide bonds. The summed E-state index contributed by atoms with van der Waals surface area (Å²) < 4.78 is 14.8. The molecule has 0 N–H and O–H groups in total. The summed E-state index contributed by atoms with van der Waals surface area (Å²) in [5.41, 5.74) is 2.30. The van der Waals surface area contributed by atoms with E-state index in [0.717, 1.165) is 21.5 Å². The van der Waals surface area contributed by atoms with Crippen molar-refractivity contribution >= 4 is 55.4 Å². The third kappa shape index (κ3) is 3.51. The lowest BCUT2D eigenvalue weighted by Gasteiger charge is -2.20. The van der Waals surface area contributed by atoms with Crippen LogP contribution in [0.5, 0.6) is 0 Å². The predicted octanol–water partition coefficient (Wildman–Crippen LogP) is 8.45. The number of hydrogen-bond donors (Lipinski definition) is 0. The van der Waals surface area contributed by atoms with Gasteiger partial charge in [0.25, 0.3) is 0 Å². The molecule has 7 aromatic rings. The zero-order valence-corrected chi connectivity index (χ0v) is 21.7. The molecule has 1 nitrogen and oxygen atoms in total. The molecular formula is C36H25OP. The monoisotopic (exact) mass is 504 g/mol. The van der Waals surface area contributed by atoms with Crippen LogP contribution in [0.4, 0.5) is 0 Å². The maximum absolute atomic E-state index is 14.8. The minimum atomic E-state index is -3.01. The van der Waals surface area contributed by atoms with Crippen molar-refractivity contribution in [3.8, 4) is 11.1 Å². The molecule has 0 aliphatic heterocycles. The minimum absolute atomic E-state index is 0.842. The topological polar surface area (TPSA) is 17.1 Å². The Morgan fingerprint density at radius 2 is 0.737 bits per heavy atom. The van der Waals surface area contributed by atoms with Gasteiger partial charge >= 0.3 is 0 Å². The van der Waals surface area contributed by atoms with Gasteiger partial charge in [-0.2, -0.15) is 0 Å².